The van der Waals surface area contributed by atoms with E-state index >= 15 is 0 Å². The highest BCUT2D eigenvalue weighted by atomic mass is 79.9. The Morgan fingerprint density at radius 2 is 2.11 bits per heavy atom. The maximum Gasteiger partial charge on any atom is 0.268 e. The van der Waals surface area contributed by atoms with Crippen LogP contribution in [0, 0.1) is 4.77 Å². The first-order chi connectivity index (χ1) is 9.16. The molecule has 94 valence electrons. The number of nitrogens with zero attached hydrogens (tertiary/aromatic N) is 2. The largest absolute Gasteiger partial charge is 0.316 e. The minimum Gasteiger partial charge on any atom is -0.316 e. The molecule has 0 aliphatic carbocycles. The van der Waals surface area contributed by atoms with Crippen LogP contribution in [0.4, 0.5) is 0 Å². The molecule has 0 radical (unpaired) electrons. The van der Waals surface area contributed by atoms with Gasteiger partial charge < -0.3 is 4.98 Å². The summed E-state index contributed by atoms with van der Waals surface area (Å²) in [5.74, 6) is 0. The molecule has 0 aliphatic rings. The number of halogens is 1. The Hall–Kier alpha value is -1.79. The molecule has 2 aromatic heterocycles. The van der Waals surface area contributed by atoms with E-state index in [9.17, 15) is 4.79 Å². The van der Waals surface area contributed by atoms with Crippen molar-refractivity contribution >= 4 is 39.2 Å². The van der Waals surface area contributed by atoms with Crippen molar-refractivity contribution in [2.75, 3.05) is 0 Å². The van der Waals surface area contributed by atoms with Gasteiger partial charge in [0, 0.05) is 10.7 Å². The molecule has 0 bridgehead atoms. The standard InChI is InChI=1S/C13H8BrN3OS/c14-8-3-1-4-9(7-8)17-12(18)10-5-2-6-15-11(10)16-13(17)19/h1-7H,(H,15,16,19). The van der Waals surface area contributed by atoms with Gasteiger partial charge in [0.25, 0.3) is 5.56 Å². The number of hydrogen-bond acceptors (Lipinski definition) is 3. The van der Waals surface area contributed by atoms with Gasteiger partial charge in [0.2, 0.25) is 0 Å². The van der Waals surface area contributed by atoms with Gasteiger partial charge in [-0.15, -0.1) is 0 Å². The highest BCUT2D eigenvalue weighted by Gasteiger charge is 2.07. The number of rotatable bonds is 1. The van der Waals surface area contributed by atoms with Gasteiger partial charge in [-0.25, -0.2) is 4.98 Å². The second-order valence-corrected chi connectivity index (χ2v) is 5.25. The van der Waals surface area contributed by atoms with Crippen LogP contribution in [0.3, 0.4) is 0 Å². The average molecular weight is 334 g/mol. The molecule has 6 heteroatoms. The summed E-state index contributed by atoms with van der Waals surface area (Å²) in [6.07, 6.45) is 1.62. The maximum atomic E-state index is 12.5. The fraction of sp³-hybridized carbons (Fsp3) is 0. The Kier molecular flexibility index (Phi) is 3.04. The number of aromatic nitrogens is 3. The summed E-state index contributed by atoms with van der Waals surface area (Å²) >= 11 is 8.63. The number of nitrogens with one attached hydrogen (secondary N) is 1. The Labute approximate surface area is 121 Å². The number of hydrogen-bond donors (Lipinski definition) is 1. The van der Waals surface area contributed by atoms with E-state index in [0.717, 1.165) is 4.47 Å². The SMILES string of the molecule is O=c1c2cccnc2[nH]c(=S)n1-c1cccc(Br)c1. The van der Waals surface area contributed by atoms with E-state index in [2.05, 4.69) is 25.9 Å². The van der Waals surface area contributed by atoms with Crippen molar-refractivity contribution in [3.63, 3.8) is 0 Å². The van der Waals surface area contributed by atoms with Crippen molar-refractivity contribution in [3.8, 4) is 5.69 Å². The summed E-state index contributed by atoms with van der Waals surface area (Å²) in [5, 5.41) is 0.510. The van der Waals surface area contributed by atoms with Crippen molar-refractivity contribution < 1.29 is 0 Å². The zero-order valence-corrected chi connectivity index (χ0v) is 12.0. The first-order valence-electron chi connectivity index (χ1n) is 5.53. The van der Waals surface area contributed by atoms with Crippen LogP contribution in [0.5, 0.6) is 0 Å². The van der Waals surface area contributed by atoms with Crippen LogP contribution in [0.2, 0.25) is 0 Å². The lowest BCUT2D eigenvalue weighted by Gasteiger charge is -2.07. The van der Waals surface area contributed by atoms with E-state index in [4.69, 9.17) is 12.2 Å². The first kappa shape index (κ1) is 12.3. The van der Waals surface area contributed by atoms with E-state index in [-0.39, 0.29) is 5.56 Å². The van der Waals surface area contributed by atoms with Crippen LogP contribution in [0.1, 0.15) is 0 Å². The van der Waals surface area contributed by atoms with E-state index in [0.29, 0.717) is 21.5 Å². The number of pyridine rings is 1. The lowest BCUT2D eigenvalue weighted by atomic mass is 10.3. The van der Waals surface area contributed by atoms with Gasteiger partial charge in [0.05, 0.1) is 11.1 Å². The summed E-state index contributed by atoms with van der Waals surface area (Å²) in [6.45, 7) is 0. The number of aromatic amines is 1. The second-order valence-electron chi connectivity index (χ2n) is 3.95. The minimum atomic E-state index is -0.176. The molecular weight excluding hydrogens is 326 g/mol. The average Bonchev–Trinajstić information content (AvgIpc) is 2.39. The monoisotopic (exact) mass is 333 g/mol. The smallest absolute Gasteiger partial charge is 0.268 e. The molecule has 0 saturated carbocycles. The number of H-pyrrole nitrogens is 1. The van der Waals surface area contributed by atoms with Gasteiger partial charge in [-0.2, -0.15) is 0 Å². The number of benzene rings is 1. The van der Waals surface area contributed by atoms with Gasteiger partial charge >= 0.3 is 0 Å². The van der Waals surface area contributed by atoms with Crippen LogP contribution in [0.25, 0.3) is 16.7 Å². The third kappa shape index (κ3) is 2.13. The molecule has 0 fully saturated rings. The number of fused-ring (bicyclic) bond motifs is 1. The Morgan fingerprint density at radius 1 is 1.26 bits per heavy atom. The fourth-order valence-electron chi connectivity index (χ4n) is 1.90. The van der Waals surface area contributed by atoms with Crippen molar-refractivity contribution in [1.29, 1.82) is 0 Å². The van der Waals surface area contributed by atoms with E-state index in [1.807, 2.05) is 24.3 Å². The summed E-state index contributed by atoms with van der Waals surface area (Å²) in [4.78, 5) is 19.6. The Bertz CT molecular complexity index is 885. The van der Waals surface area contributed by atoms with Crippen molar-refractivity contribution in [2.24, 2.45) is 0 Å². The minimum absolute atomic E-state index is 0.176. The maximum absolute atomic E-state index is 12.5. The Morgan fingerprint density at radius 3 is 2.89 bits per heavy atom. The van der Waals surface area contributed by atoms with Gasteiger partial charge in [-0.05, 0) is 42.5 Å². The second kappa shape index (κ2) is 4.71. The highest BCUT2D eigenvalue weighted by molar-refractivity contribution is 9.10. The topological polar surface area (TPSA) is 50.7 Å². The molecule has 4 nitrogen and oxygen atoms in total. The molecule has 0 saturated heterocycles. The van der Waals surface area contributed by atoms with Crippen LogP contribution < -0.4 is 5.56 Å². The van der Waals surface area contributed by atoms with Gasteiger partial charge in [0.1, 0.15) is 5.65 Å². The third-order valence-electron chi connectivity index (χ3n) is 2.74. The molecular formula is C13H8BrN3OS. The molecule has 0 spiro atoms. The predicted molar refractivity (Wildman–Crippen MR) is 80.2 cm³/mol. The van der Waals surface area contributed by atoms with Crippen LogP contribution >= 0.6 is 28.1 Å². The lowest BCUT2D eigenvalue weighted by Crippen LogP contribution is -2.20. The lowest BCUT2D eigenvalue weighted by molar-refractivity contribution is 0.933. The van der Waals surface area contributed by atoms with E-state index in [1.54, 1.807) is 18.3 Å². The quantitative estimate of drug-likeness (QED) is 0.695. The third-order valence-corrected chi connectivity index (χ3v) is 3.51. The molecule has 1 aromatic carbocycles. The van der Waals surface area contributed by atoms with Crippen molar-refractivity contribution in [3.05, 3.63) is 62.2 Å². The predicted octanol–water partition coefficient (Wildman–Crippen LogP) is 3.21. The normalized spacial score (nSPS) is 10.8. The van der Waals surface area contributed by atoms with E-state index < -0.39 is 0 Å². The molecule has 0 aliphatic heterocycles. The highest BCUT2D eigenvalue weighted by Crippen LogP contribution is 2.15. The molecule has 3 aromatic rings. The molecule has 0 unspecified atom stereocenters. The first-order valence-corrected chi connectivity index (χ1v) is 6.73. The summed E-state index contributed by atoms with van der Waals surface area (Å²) < 4.78 is 2.68. The molecule has 19 heavy (non-hydrogen) atoms. The molecule has 2 heterocycles. The molecule has 1 N–H and O–H groups in total. The van der Waals surface area contributed by atoms with Gasteiger partial charge in [0.15, 0.2) is 4.77 Å². The fourth-order valence-corrected chi connectivity index (χ4v) is 2.57. The van der Waals surface area contributed by atoms with Gasteiger partial charge in [-0.1, -0.05) is 22.0 Å². The molecule has 0 atom stereocenters. The molecule has 0 amide bonds. The summed E-state index contributed by atoms with van der Waals surface area (Å²) in [6, 6.07) is 10.9. The van der Waals surface area contributed by atoms with Crippen molar-refractivity contribution in [2.45, 2.75) is 0 Å². The zero-order chi connectivity index (χ0) is 13.4. The van der Waals surface area contributed by atoms with Crippen molar-refractivity contribution in [1.82, 2.24) is 14.5 Å². The van der Waals surface area contributed by atoms with Crippen LogP contribution in [0.15, 0.2) is 51.9 Å². The zero-order valence-electron chi connectivity index (χ0n) is 9.63. The summed E-state index contributed by atoms with van der Waals surface area (Å²) in [7, 11) is 0. The van der Waals surface area contributed by atoms with Gasteiger partial charge in [-0.3, -0.25) is 9.36 Å². The summed E-state index contributed by atoms with van der Waals surface area (Å²) in [5.41, 5.74) is 1.04. The molecule has 3 rings (SSSR count). The van der Waals surface area contributed by atoms with Crippen LogP contribution in [-0.2, 0) is 0 Å². The Balaban J connectivity index is 2.42. The van der Waals surface area contributed by atoms with Crippen LogP contribution in [-0.4, -0.2) is 14.5 Å². The van der Waals surface area contributed by atoms with E-state index in [1.165, 1.54) is 4.57 Å².